The number of hydrogen-bond acceptors (Lipinski definition) is 7. The number of methoxy groups -OCH3 is 1. The van der Waals surface area contributed by atoms with Crippen LogP contribution in [0.15, 0.2) is 35.5 Å². The van der Waals surface area contributed by atoms with Gasteiger partial charge in [-0.25, -0.2) is 18.4 Å². The van der Waals surface area contributed by atoms with E-state index in [-0.39, 0.29) is 4.90 Å². The Morgan fingerprint density at radius 3 is 2.65 bits per heavy atom. The van der Waals surface area contributed by atoms with Crippen LogP contribution in [-0.4, -0.2) is 25.5 Å². The summed E-state index contributed by atoms with van der Waals surface area (Å²) in [5, 5.41) is 0.921. The number of nitrogens with one attached hydrogen (secondary N) is 2. The van der Waals surface area contributed by atoms with E-state index in [0.717, 1.165) is 29.5 Å². The van der Waals surface area contributed by atoms with Gasteiger partial charge in [0.15, 0.2) is 5.82 Å². The predicted octanol–water partition coefficient (Wildman–Crippen LogP) is 2.88. The summed E-state index contributed by atoms with van der Waals surface area (Å²) in [5.41, 5.74) is 4.02. The van der Waals surface area contributed by atoms with Crippen molar-refractivity contribution in [1.29, 1.82) is 0 Å². The summed E-state index contributed by atoms with van der Waals surface area (Å²) < 4.78 is 30.1. The molecule has 0 saturated heterocycles. The van der Waals surface area contributed by atoms with Gasteiger partial charge in [0.05, 0.1) is 17.4 Å². The standard InChI is InChI=1S/C17H18N4O3S2/c1-24-11-6-8-12(9-7-11)26(22,23)21-20-16-15-13-4-2-3-5-14(13)25-17(15)19-10-18-16/h6-10,21H,2-5H2,1H3,(H,18,19,20). The number of nitrogens with zero attached hydrogens (tertiary/aromatic N) is 2. The minimum atomic E-state index is -3.73. The zero-order valence-corrected chi connectivity index (χ0v) is 15.8. The summed E-state index contributed by atoms with van der Waals surface area (Å²) >= 11 is 1.67. The molecule has 0 aliphatic heterocycles. The SMILES string of the molecule is COc1ccc(S(=O)(=O)NNc2ncnc3sc4c(c23)CCCC4)cc1. The van der Waals surface area contributed by atoms with Crippen molar-refractivity contribution in [1.82, 2.24) is 14.8 Å². The minimum Gasteiger partial charge on any atom is -0.497 e. The van der Waals surface area contributed by atoms with Gasteiger partial charge in [0.2, 0.25) is 0 Å². The third-order valence-electron chi connectivity index (χ3n) is 4.42. The van der Waals surface area contributed by atoms with Gasteiger partial charge in [0.25, 0.3) is 10.0 Å². The van der Waals surface area contributed by atoms with Gasteiger partial charge in [0.1, 0.15) is 16.9 Å². The molecule has 7 nitrogen and oxygen atoms in total. The number of anilines is 1. The molecule has 4 rings (SSSR count). The van der Waals surface area contributed by atoms with Gasteiger partial charge in [0, 0.05) is 4.88 Å². The molecule has 0 atom stereocenters. The van der Waals surface area contributed by atoms with Gasteiger partial charge < -0.3 is 4.74 Å². The van der Waals surface area contributed by atoms with Crippen molar-refractivity contribution in [3.8, 4) is 5.75 Å². The third kappa shape index (κ3) is 3.13. The van der Waals surface area contributed by atoms with Gasteiger partial charge in [-0.1, -0.05) is 0 Å². The van der Waals surface area contributed by atoms with E-state index in [1.54, 1.807) is 23.5 Å². The Kier molecular flexibility index (Phi) is 4.51. The van der Waals surface area contributed by atoms with Crippen LogP contribution in [0.2, 0.25) is 0 Å². The topological polar surface area (TPSA) is 93.2 Å². The Hall–Kier alpha value is -2.23. The number of benzene rings is 1. The lowest BCUT2D eigenvalue weighted by Gasteiger charge is -2.13. The lowest BCUT2D eigenvalue weighted by molar-refractivity contribution is 0.414. The fourth-order valence-corrected chi connectivity index (χ4v) is 5.19. The molecule has 0 radical (unpaired) electrons. The molecule has 2 aromatic heterocycles. The van der Waals surface area contributed by atoms with Crippen LogP contribution in [0.25, 0.3) is 10.2 Å². The molecule has 1 aromatic carbocycles. The summed E-state index contributed by atoms with van der Waals surface area (Å²) in [6, 6.07) is 6.19. The molecule has 1 aliphatic rings. The van der Waals surface area contributed by atoms with Crippen LogP contribution in [0.4, 0.5) is 5.82 Å². The minimum absolute atomic E-state index is 0.142. The number of hydrazine groups is 1. The van der Waals surface area contributed by atoms with Crippen molar-refractivity contribution >= 4 is 37.4 Å². The fraction of sp³-hybridized carbons (Fsp3) is 0.294. The number of rotatable bonds is 5. The first-order valence-corrected chi connectivity index (χ1v) is 10.6. The highest BCUT2D eigenvalue weighted by atomic mass is 32.2. The maximum absolute atomic E-state index is 12.5. The molecule has 1 aliphatic carbocycles. The summed E-state index contributed by atoms with van der Waals surface area (Å²) in [6.07, 6.45) is 5.79. The number of aryl methyl sites for hydroxylation is 2. The van der Waals surface area contributed by atoms with E-state index >= 15 is 0 Å². The van der Waals surface area contributed by atoms with E-state index in [9.17, 15) is 8.42 Å². The van der Waals surface area contributed by atoms with Crippen molar-refractivity contribution < 1.29 is 13.2 Å². The second-order valence-electron chi connectivity index (χ2n) is 6.02. The highest BCUT2D eigenvalue weighted by Crippen LogP contribution is 2.37. The van der Waals surface area contributed by atoms with E-state index in [4.69, 9.17) is 4.74 Å². The van der Waals surface area contributed by atoms with E-state index in [0.29, 0.717) is 11.6 Å². The zero-order valence-electron chi connectivity index (χ0n) is 14.2. The Balaban J connectivity index is 1.62. The van der Waals surface area contributed by atoms with Crippen LogP contribution in [0.3, 0.4) is 0 Å². The quantitative estimate of drug-likeness (QED) is 0.651. The molecule has 9 heteroatoms. The average molecular weight is 390 g/mol. The molecule has 0 spiro atoms. The molecule has 2 heterocycles. The Morgan fingerprint density at radius 2 is 1.88 bits per heavy atom. The number of aromatic nitrogens is 2. The molecule has 0 amide bonds. The molecule has 136 valence electrons. The molecule has 0 bridgehead atoms. The number of fused-ring (bicyclic) bond motifs is 3. The maximum atomic E-state index is 12.5. The first-order valence-electron chi connectivity index (χ1n) is 8.25. The van der Waals surface area contributed by atoms with Crippen molar-refractivity contribution in [2.75, 3.05) is 12.5 Å². The summed E-state index contributed by atoms with van der Waals surface area (Å²) in [6.45, 7) is 0. The first-order chi connectivity index (χ1) is 12.6. The monoisotopic (exact) mass is 390 g/mol. The number of hydrogen-bond donors (Lipinski definition) is 2. The van der Waals surface area contributed by atoms with Crippen molar-refractivity contribution in [2.45, 2.75) is 30.6 Å². The van der Waals surface area contributed by atoms with Crippen LogP contribution in [0, 0.1) is 0 Å². The summed E-state index contributed by atoms with van der Waals surface area (Å²) in [5.74, 6) is 1.09. The third-order valence-corrected chi connectivity index (χ3v) is 6.89. The first kappa shape index (κ1) is 17.2. The Labute approximate surface area is 155 Å². The van der Waals surface area contributed by atoms with Crippen molar-refractivity contribution in [3.63, 3.8) is 0 Å². The summed E-state index contributed by atoms with van der Waals surface area (Å²) in [4.78, 5) is 13.4. The molecule has 0 saturated carbocycles. The highest BCUT2D eigenvalue weighted by molar-refractivity contribution is 7.89. The van der Waals surface area contributed by atoms with Gasteiger partial charge in [-0.05, 0) is 55.5 Å². The van der Waals surface area contributed by atoms with Gasteiger partial charge in [-0.2, -0.15) is 0 Å². The molecule has 3 aromatic rings. The van der Waals surface area contributed by atoms with E-state index < -0.39 is 10.0 Å². The Bertz CT molecular complexity index is 1050. The lowest BCUT2D eigenvalue weighted by atomic mass is 9.97. The van der Waals surface area contributed by atoms with E-state index in [1.807, 2.05) is 0 Å². The second-order valence-corrected chi connectivity index (χ2v) is 8.79. The molecule has 0 fully saturated rings. The van der Waals surface area contributed by atoms with Crippen molar-refractivity contribution in [2.24, 2.45) is 0 Å². The van der Waals surface area contributed by atoms with E-state index in [1.165, 1.54) is 42.4 Å². The average Bonchev–Trinajstić information content (AvgIpc) is 3.05. The number of sulfonamides is 1. The fourth-order valence-electron chi connectivity index (χ4n) is 3.11. The van der Waals surface area contributed by atoms with Crippen LogP contribution in [0.5, 0.6) is 5.75 Å². The molecule has 26 heavy (non-hydrogen) atoms. The van der Waals surface area contributed by atoms with Gasteiger partial charge in [-0.3, -0.25) is 5.43 Å². The predicted molar refractivity (Wildman–Crippen MR) is 101 cm³/mol. The van der Waals surface area contributed by atoms with Gasteiger partial charge >= 0.3 is 0 Å². The smallest absolute Gasteiger partial charge is 0.257 e. The lowest BCUT2D eigenvalue weighted by Crippen LogP contribution is -2.30. The van der Waals surface area contributed by atoms with Crippen LogP contribution >= 0.6 is 11.3 Å². The second kappa shape index (κ2) is 6.82. The molecular formula is C17H18N4O3S2. The van der Waals surface area contributed by atoms with Crippen LogP contribution in [-0.2, 0) is 22.9 Å². The van der Waals surface area contributed by atoms with Crippen molar-refractivity contribution in [3.05, 3.63) is 41.0 Å². The molecule has 2 N–H and O–H groups in total. The largest absolute Gasteiger partial charge is 0.497 e. The zero-order chi connectivity index (χ0) is 18.1. The normalized spacial score (nSPS) is 14.2. The summed E-state index contributed by atoms with van der Waals surface area (Å²) in [7, 11) is -2.20. The van der Waals surface area contributed by atoms with Gasteiger partial charge in [-0.15, -0.1) is 16.2 Å². The van der Waals surface area contributed by atoms with Crippen LogP contribution in [0.1, 0.15) is 23.3 Å². The number of thiophene rings is 1. The Morgan fingerprint density at radius 1 is 1.12 bits per heavy atom. The molecule has 0 unspecified atom stereocenters. The maximum Gasteiger partial charge on any atom is 0.257 e. The van der Waals surface area contributed by atoms with Crippen LogP contribution < -0.4 is 15.0 Å². The van der Waals surface area contributed by atoms with E-state index in [2.05, 4.69) is 20.2 Å². The highest BCUT2D eigenvalue weighted by Gasteiger charge is 2.21. The molecular weight excluding hydrogens is 372 g/mol. The number of ether oxygens (including phenoxy) is 1.